The van der Waals surface area contributed by atoms with Crippen molar-refractivity contribution in [3.63, 3.8) is 0 Å². The number of carbonyl (C=O) groups excluding carboxylic acids is 1. The van der Waals surface area contributed by atoms with Gasteiger partial charge in [-0.05, 0) is 55.3 Å². The number of thioether (sulfide) groups is 1. The van der Waals surface area contributed by atoms with Gasteiger partial charge >= 0.3 is 6.18 Å². The summed E-state index contributed by atoms with van der Waals surface area (Å²) in [5, 5.41) is 10.7. The molecule has 0 spiro atoms. The highest BCUT2D eigenvalue weighted by molar-refractivity contribution is 8.15. The van der Waals surface area contributed by atoms with E-state index in [-0.39, 0.29) is 16.9 Å². The van der Waals surface area contributed by atoms with Crippen LogP contribution in [-0.2, 0) is 17.4 Å². The Hall–Kier alpha value is -3.53. The van der Waals surface area contributed by atoms with Gasteiger partial charge in [-0.3, -0.25) is 4.79 Å². The Morgan fingerprint density at radius 2 is 1.94 bits per heavy atom. The minimum absolute atomic E-state index is 0.155. The third-order valence-corrected chi connectivity index (χ3v) is 5.94. The van der Waals surface area contributed by atoms with Gasteiger partial charge in [0.05, 0.1) is 23.6 Å². The van der Waals surface area contributed by atoms with Crippen LogP contribution in [0.4, 0.5) is 13.2 Å². The number of halogens is 3. The Morgan fingerprint density at radius 1 is 1.15 bits per heavy atom. The summed E-state index contributed by atoms with van der Waals surface area (Å²) in [5.41, 5.74) is 0.548. The summed E-state index contributed by atoms with van der Waals surface area (Å²) in [6, 6.07) is 15.6. The van der Waals surface area contributed by atoms with Gasteiger partial charge in [0.2, 0.25) is 5.91 Å². The third-order valence-electron chi connectivity index (χ3n) is 4.87. The average Bonchev–Trinajstić information content (AvgIpc) is 3.42. The summed E-state index contributed by atoms with van der Waals surface area (Å²) in [7, 11) is 0. The van der Waals surface area contributed by atoms with Crippen molar-refractivity contribution in [2.24, 2.45) is 10.2 Å². The van der Waals surface area contributed by atoms with Gasteiger partial charge in [0, 0.05) is 5.56 Å². The van der Waals surface area contributed by atoms with Gasteiger partial charge in [-0.1, -0.05) is 36.0 Å². The number of ether oxygens (including phenoxy) is 1. The molecule has 6 nitrogen and oxygen atoms in total. The number of nitrogens with zero attached hydrogens (tertiary/aromatic N) is 2. The molecule has 1 unspecified atom stereocenters. The second kappa shape index (κ2) is 10.2. The van der Waals surface area contributed by atoms with Gasteiger partial charge in [0.1, 0.15) is 17.3 Å². The van der Waals surface area contributed by atoms with Crippen LogP contribution in [0.5, 0.6) is 5.75 Å². The van der Waals surface area contributed by atoms with Crippen LogP contribution >= 0.6 is 11.8 Å². The van der Waals surface area contributed by atoms with Gasteiger partial charge in [0.15, 0.2) is 5.17 Å². The van der Waals surface area contributed by atoms with E-state index < -0.39 is 11.7 Å². The second-order valence-corrected chi connectivity index (χ2v) is 8.50. The molecule has 0 saturated carbocycles. The number of nitrogens with one attached hydrogen (secondary N) is 1. The number of amidine groups is 1. The van der Waals surface area contributed by atoms with Crippen molar-refractivity contribution >= 4 is 29.1 Å². The minimum atomic E-state index is -4.43. The van der Waals surface area contributed by atoms with Crippen LogP contribution in [-0.4, -0.2) is 29.1 Å². The Morgan fingerprint density at radius 3 is 2.68 bits per heavy atom. The zero-order chi connectivity index (χ0) is 24.1. The first-order chi connectivity index (χ1) is 16.3. The number of rotatable bonds is 7. The molecule has 1 atom stereocenters. The fourth-order valence-electron chi connectivity index (χ4n) is 3.25. The molecule has 3 aromatic rings. The third kappa shape index (κ3) is 5.88. The molecule has 0 bridgehead atoms. The number of carbonyl (C=O) groups is 1. The molecule has 1 aliphatic rings. The van der Waals surface area contributed by atoms with E-state index >= 15 is 0 Å². The lowest BCUT2D eigenvalue weighted by Crippen LogP contribution is -2.25. The topological polar surface area (TPSA) is 76.2 Å². The number of benzene rings is 2. The highest BCUT2D eigenvalue weighted by Crippen LogP contribution is 2.32. The average molecular weight is 488 g/mol. The van der Waals surface area contributed by atoms with Gasteiger partial charge in [-0.2, -0.15) is 18.3 Å². The van der Waals surface area contributed by atoms with Crippen molar-refractivity contribution < 1.29 is 27.1 Å². The van der Waals surface area contributed by atoms with E-state index in [4.69, 9.17) is 9.15 Å². The van der Waals surface area contributed by atoms with Crippen molar-refractivity contribution in [3.8, 4) is 17.1 Å². The van der Waals surface area contributed by atoms with Gasteiger partial charge in [-0.25, -0.2) is 0 Å². The van der Waals surface area contributed by atoms with E-state index in [0.29, 0.717) is 29.5 Å². The molecule has 1 N–H and O–H groups in total. The van der Waals surface area contributed by atoms with Crippen LogP contribution in [0.2, 0.25) is 0 Å². The lowest BCUT2D eigenvalue weighted by atomic mass is 10.1. The molecule has 1 saturated heterocycles. The summed E-state index contributed by atoms with van der Waals surface area (Å²) in [4.78, 5) is 12.3. The van der Waals surface area contributed by atoms with E-state index in [1.165, 1.54) is 30.1 Å². The highest BCUT2D eigenvalue weighted by Gasteiger charge is 2.31. The normalized spacial score (nSPS) is 17.5. The fraction of sp³-hybridized carbons (Fsp3) is 0.208. The maximum absolute atomic E-state index is 12.9. The quantitative estimate of drug-likeness (QED) is 0.351. The van der Waals surface area contributed by atoms with Crippen molar-refractivity contribution in [3.05, 3.63) is 77.6 Å². The van der Waals surface area contributed by atoms with E-state index in [2.05, 4.69) is 15.5 Å². The SMILES string of the molecule is CCOc1ccc(CC2S/C(=N/N=C/c3ccc(-c4cccc(C(F)(F)F)c4)o3)NC2=O)cc1. The standard InChI is InChI=1S/C24H20F3N3O3S/c1-2-32-18-8-6-15(7-9-18)12-21-22(31)29-23(34-21)30-28-14-19-10-11-20(33-19)16-4-3-5-17(13-16)24(25,26)27/h3-11,13-14,21H,2,12H2,1H3,(H,29,30,31)/b28-14+. The molecular weight excluding hydrogens is 467 g/mol. The fourth-order valence-corrected chi connectivity index (χ4v) is 4.22. The molecule has 10 heteroatoms. The van der Waals surface area contributed by atoms with Crippen molar-refractivity contribution in [2.45, 2.75) is 24.8 Å². The first kappa shape index (κ1) is 23.6. The van der Waals surface area contributed by atoms with Crippen LogP contribution < -0.4 is 10.1 Å². The highest BCUT2D eigenvalue weighted by atomic mass is 32.2. The predicted molar refractivity (Wildman–Crippen MR) is 125 cm³/mol. The number of hydrogen-bond donors (Lipinski definition) is 1. The first-order valence-corrected chi connectivity index (χ1v) is 11.3. The smallest absolute Gasteiger partial charge is 0.416 e. The molecular formula is C24H20F3N3O3S. The molecule has 0 radical (unpaired) electrons. The van der Waals surface area contributed by atoms with Gasteiger partial charge < -0.3 is 14.5 Å². The molecule has 1 aromatic heterocycles. The second-order valence-electron chi connectivity index (χ2n) is 7.31. The molecule has 4 rings (SSSR count). The molecule has 1 fully saturated rings. The molecule has 2 aromatic carbocycles. The van der Waals surface area contributed by atoms with E-state index in [1.54, 1.807) is 12.1 Å². The van der Waals surface area contributed by atoms with E-state index in [9.17, 15) is 18.0 Å². The predicted octanol–water partition coefficient (Wildman–Crippen LogP) is 5.53. The van der Waals surface area contributed by atoms with Crippen LogP contribution in [0, 0.1) is 0 Å². The first-order valence-electron chi connectivity index (χ1n) is 10.4. The van der Waals surface area contributed by atoms with E-state index in [1.807, 2.05) is 31.2 Å². The number of hydrogen-bond acceptors (Lipinski definition) is 6. The van der Waals surface area contributed by atoms with E-state index in [0.717, 1.165) is 23.4 Å². The zero-order valence-corrected chi connectivity index (χ0v) is 18.8. The van der Waals surface area contributed by atoms with Crippen LogP contribution in [0.1, 0.15) is 23.8 Å². The molecule has 34 heavy (non-hydrogen) atoms. The van der Waals surface area contributed by atoms with Gasteiger partial charge in [-0.15, -0.1) is 5.10 Å². The maximum atomic E-state index is 12.9. The number of amides is 1. The zero-order valence-electron chi connectivity index (χ0n) is 18.0. The number of alkyl halides is 3. The summed E-state index contributed by atoms with van der Waals surface area (Å²) >= 11 is 1.28. The maximum Gasteiger partial charge on any atom is 0.416 e. The molecule has 1 amide bonds. The Kier molecular flexibility index (Phi) is 7.06. The minimum Gasteiger partial charge on any atom is -0.494 e. The summed E-state index contributed by atoms with van der Waals surface area (Å²) < 4.78 is 49.7. The Bertz CT molecular complexity index is 1220. The summed E-state index contributed by atoms with van der Waals surface area (Å²) in [6.07, 6.45) is -2.57. The summed E-state index contributed by atoms with van der Waals surface area (Å²) in [6.45, 7) is 2.50. The van der Waals surface area contributed by atoms with Crippen LogP contribution in [0.15, 0.2) is 75.3 Å². The number of furan rings is 1. The molecule has 0 aliphatic carbocycles. The van der Waals surface area contributed by atoms with Crippen molar-refractivity contribution in [1.82, 2.24) is 5.32 Å². The monoisotopic (exact) mass is 487 g/mol. The largest absolute Gasteiger partial charge is 0.494 e. The Balaban J connectivity index is 1.37. The van der Waals surface area contributed by atoms with Gasteiger partial charge in [0.25, 0.3) is 0 Å². The lowest BCUT2D eigenvalue weighted by molar-refractivity contribution is -0.137. The molecule has 176 valence electrons. The molecule has 2 heterocycles. The van der Waals surface area contributed by atoms with Crippen LogP contribution in [0.3, 0.4) is 0 Å². The lowest BCUT2D eigenvalue weighted by Gasteiger charge is -2.07. The Labute approximate surface area is 197 Å². The van der Waals surface area contributed by atoms with Crippen molar-refractivity contribution in [1.29, 1.82) is 0 Å². The van der Waals surface area contributed by atoms with Crippen molar-refractivity contribution in [2.75, 3.05) is 6.61 Å². The molecule has 1 aliphatic heterocycles. The summed E-state index contributed by atoms with van der Waals surface area (Å²) in [5.74, 6) is 1.22. The van der Waals surface area contributed by atoms with Crippen LogP contribution in [0.25, 0.3) is 11.3 Å².